The first-order valence-electron chi connectivity index (χ1n) is 9.13. The number of rotatable bonds is 8. The Morgan fingerprint density at radius 1 is 1.32 bits per heavy atom. The SMILES string of the molecule is CSc1ncc(CNCCc2cccs2)c(N(C)C2CCCCC2)n1. The zero-order valence-electron chi connectivity index (χ0n) is 15.2. The number of anilines is 1. The second-order valence-electron chi connectivity index (χ2n) is 6.61. The van der Waals surface area contributed by atoms with Crippen LogP contribution in [0.5, 0.6) is 0 Å². The summed E-state index contributed by atoms with van der Waals surface area (Å²) in [6.07, 6.45) is 11.7. The Morgan fingerprint density at radius 3 is 2.88 bits per heavy atom. The molecule has 1 aliphatic rings. The predicted molar refractivity (Wildman–Crippen MR) is 109 cm³/mol. The van der Waals surface area contributed by atoms with Gasteiger partial charge in [0, 0.05) is 42.8 Å². The minimum atomic E-state index is 0.614. The van der Waals surface area contributed by atoms with Gasteiger partial charge in [-0.2, -0.15) is 0 Å². The monoisotopic (exact) mass is 376 g/mol. The molecule has 2 heterocycles. The summed E-state index contributed by atoms with van der Waals surface area (Å²) in [7, 11) is 2.21. The van der Waals surface area contributed by atoms with Crippen LogP contribution >= 0.6 is 23.1 Å². The van der Waals surface area contributed by atoms with E-state index in [0.29, 0.717) is 6.04 Å². The molecular formula is C19H28N4S2. The van der Waals surface area contributed by atoms with Gasteiger partial charge in [0.15, 0.2) is 5.16 Å². The highest BCUT2D eigenvalue weighted by Crippen LogP contribution is 2.28. The zero-order chi connectivity index (χ0) is 17.5. The van der Waals surface area contributed by atoms with Gasteiger partial charge in [-0.15, -0.1) is 11.3 Å². The molecule has 1 aliphatic carbocycles. The van der Waals surface area contributed by atoms with Crippen LogP contribution in [0.3, 0.4) is 0 Å². The summed E-state index contributed by atoms with van der Waals surface area (Å²) in [6.45, 7) is 1.81. The van der Waals surface area contributed by atoms with Gasteiger partial charge in [0.05, 0.1) is 0 Å². The first kappa shape index (κ1) is 18.7. The maximum atomic E-state index is 4.83. The van der Waals surface area contributed by atoms with Crippen molar-refractivity contribution in [2.75, 3.05) is 24.7 Å². The zero-order valence-corrected chi connectivity index (χ0v) is 16.8. The number of thioether (sulfide) groups is 1. The fraction of sp³-hybridized carbons (Fsp3) is 0.579. The predicted octanol–water partition coefficient (Wildman–Crippen LogP) is 4.36. The molecule has 25 heavy (non-hydrogen) atoms. The molecule has 0 unspecified atom stereocenters. The molecule has 0 amide bonds. The van der Waals surface area contributed by atoms with E-state index < -0.39 is 0 Å². The van der Waals surface area contributed by atoms with Crippen molar-refractivity contribution in [1.82, 2.24) is 15.3 Å². The summed E-state index contributed by atoms with van der Waals surface area (Å²) in [5.41, 5.74) is 1.21. The molecule has 0 atom stereocenters. The van der Waals surface area contributed by atoms with Crippen LogP contribution in [0.1, 0.15) is 42.5 Å². The molecule has 4 nitrogen and oxygen atoms in total. The Bertz CT molecular complexity index is 639. The fourth-order valence-electron chi connectivity index (χ4n) is 3.44. The molecule has 1 N–H and O–H groups in total. The van der Waals surface area contributed by atoms with Crippen LogP contribution in [0.2, 0.25) is 0 Å². The van der Waals surface area contributed by atoms with Crippen LogP contribution in [-0.2, 0) is 13.0 Å². The highest BCUT2D eigenvalue weighted by molar-refractivity contribution is 7.98. The average molecular weight is 377 g/mol. The lowest BCUT2D eigenvalue weighted by Crippen LogP contribution is -2.35. The number of aromatic nitrogens is 2. The molecule has 3 rings (SSSR count). The standard InChI is InChI=1S/C19H28N4S2/c1-23(16-7-4-3-5-8-16)18-15(14-21-19(22-18)24-2)13-20-11-10-17-9-6-12-25-17/h6,9,12,14,16,20H,3-5,7-8,10-11,13H2,1-2H3. The lowest BCUT2D eigenvalue weighted by Gasteiger charge is -2.33. The molecule has 0 bridgehead atoms. The molecule has 0 spiro atoms. The Hall–Kier alpha value is -1.11. The molecule has 0 radical (unpaired) electrons. The van der Waals surface area contributed by atoms with E-state index in [9.17, 15) is 0 Å². The third-order valence-electron chi connectivity index (χ3n) is 4.90. The van der Waals surface area contributed by atoms with Crippen molar-refractivity contribution in [1.29, 1.82) is 0 Å². The van der Waals surface area contributed by atoms with Gasteiger partial charge >= 0.3 is 0 Å². The minimum absolute atomic E-state index is 0.614. The van der Waals surface area contributed by atoms with Gasteiger partial charge in [0.2, 0.25) is 0 Å². The van der Waals surface area contributed by atoms with E-state index in [4.69, 9.17) is 4.98 Å². The average Bonchev–Trinajstić information content (AvgIpc) is 3.19. The van der Waals surface area contributed by atoms with E-state index in [-0.39, 0.29) is 0 Å². The van der Waals surface area contributed by atoms with Gasteiger partial charge < -0.3 is 10.2 Å². The van der Waals surface area contributed by atoms with E-state index in [1.165, 1.54) is 42.5 Å². The van der Waals surface area contributed by atoms with Crippen molar-refractivity contribution in [2.24, 2.45) is 0 Å². The third-order valence-corrected chi connectivity index (χ3v) is 6.40. The van der Waals surface area contributed by atoms with Gasteiger partial charge in [0.1, 0.15) is 5.82 Å². The van der Waals surface area contributed by atoms with Crippen molar-refractivity contribution in [3.05, 3.63) is 34.2 Å². The van der Waals surface area contributed by atoms with Gasteiger partial charge in [-0.25, -0.2) is 9.97 Å². The number of nitrogens with zero attached hydrogens (tertiary/aromatic N) is 3. The van der Waals surface area contributed by atoms with Crippen LogP contribution in [0.15, 0.2) is 28.9 Å². The number of hydrogen-bond donors (Lipinski definition) is 1. The largest absolute Gasteiger partial charge is 0.356 e. The highest BCUT2D eigenvalue weighted by Gasteiger charge is 2.21. The molecule has 2 aromatic heterocycles. The summed E-state index contributed by atoms with van der Waals surface area (Å²) >= 11 is 3.44. The van der Waals surface area contributed by atoms with Crippen molar-refractivity contribution in [3.63, 3.8) is 0 Å². The van der Waals surface area contributed by atoms with E-state index in [0.717, 1.165) is 30.5 Å². The Morgan fingerprint density at radius 2 is 2.16 bits per heavy atom. The summed E-state index contributed by atoms with van der Waals surface area (Å²) < 4.78 is 0. The fourth-order valence-corrected chi connectivity index (χ4v) is 4.49. The Kier molecular flexibility index (Phi) is 7.13. The molecule has 0 saturated heterocycles. The molecule has 0 aromatic carbocycles. The topological polar surface area (TPSA) is 41.1 Å². The second kappa shape index (κ2) is 9.55. The van der Waals surface area contributed by atoms with Crippen molar-refractivity contribution in [2.45, 2.75) is 56.3 Å². The summed E-state index contributed by atoms with van der Waals surface area (Å²) in [4.78, 5) is 13.2. The first-order chi connectivity index (χ1) is 12.3. The summed E-state index contributed by atoms with van der Waals surface area (Å²) in [5, 5.41) is 6.57. The van der Waals surface area contributed by atoms with Crippen LogP contribution in [-0.4, -0.2) is 35.9 Å². The Labute approximate surface area is 159 Å². The van der Waals surface area contributed by atoms with E-state index in [1.807, 2.05) is 23.8 Å². The maximum absolute atomic E-state index is 4.83. The van der Waals surface area contributed by atoms with Crippen molar-refractivity contribution < 1.29 is 0 Å². The van der Waals surface area contributed by atoms with Gasteiger partial charge in [-0.05, 0) is 37.0 Å². The smallest absolute Gasteiger partial charge is 0.189 e. The number of nitrogens with one attached hydrogen (secondary N) is 1. The summed E-state index contributed by atoms with van der Waals surface area (Å²) in [5.74, 6) is 1.11. The molecule has 2 aromatic rings. The number of thiophene rings is 1. The molecule has 0 aliphatic heterocycles. The highest BCUT2D eigenvalue weighted by atomic mass is 32.2. The molecule has 1 fully saturated rings. The summed E-state index contributed by atoms with van der Waals surface area (Å²) in [6, 6.07) is 4.93. The molecule has 1 saturated carbocycles. The third kappa shape index (κ3) is 5.19. The maximum Gasteiger partial charge on any atom is 0.189 e. The Balaban J connectivity index is 1.64. The minimum Gasteiger partial charge on any atom is -0.356 e. The molecule has 136 valence electrons. The normalized spacial score (nSPS) is 15.4. The lowest BCUT2D eigenvalue weighted by atomic mass is 9.94. The van der Waals surface area contributed by atoms with Gasteiger partial charge in [-0.1, -0.05) is 37.1 Å². The first-order valence-corrected chi connectivity index (χ1v) is 11.2. The van der Waals surface area contributed by atoms with Gasteiger partial charge in [0.25, 0.3) is 0 Å². The second-order valence-corrected chi connectivity index (χ2v) is 8.42. The lowest BCUT2D eigenvalue weighted by molar-refractivity contribution is 0.424. The van der Waals surface area contributed by atoms with Crippen LogP contribution in [0.4, 0.5) is 5.82 Å². The van der Waals surface area contributed by atoms with Crippen LogP contribution in [0, 0.1) is 0 Å². The number of hydrogen-bond acceptors (Lipinski definition) is 6. The van der Waals surface area contributed by atoms with Crippen molar-refractivity contribution in [3.8, 4) is 0 Å². The quantitative estimate of drug-likeness (QED) is 0.421. The molecular weight excluding hydrogens is 348 g/mol. The van der Waals surface area contributed by atoms with Gasteiger partial charge in [-0.3, -0.25) is 0 Å². The molecule has 6 heteroatoms. The van der Waals surface area contributed by atoms with Crippen molar-refractivity contribution >= 4 is 28.9 Å². The van der Waals surface area contributed by atoms with E-state index in [1.54, 1.807) is 11.8 Å². The van der Waals surface area contributed by atoms with Crippen LogP contribution < -0.4 is 10.2 Å². The van der Waals surface area contributed by atoms with Crippen LogP contribution in [0.25, 0.3) is 0 Å². The van der Waals surface area contributed by atoms with E-state index >= 15 is 0 Å². The van der Waals surface area contributed by atoms with E-state index in [2.05, 4.69) is 39.8 Å².